The van der Waals surface area contributed by atoms with E-state index < -0.39 is 5.97 Å². The van der Waals surface area contributed by atoms with E-state index in [4.69, 9.17) is 5.11 Å². The van der Waals surface area contributed by atoms with Crippen LogP contribution in [0.2, 0.25) is 0 Å². The second-order valence-electron chi connectivity index (χ2n) is 4.57. The van der Waals surface area contributed by atoms with Crippen LogP contribution in [0.5, 0.6) is 0 Å². The Morgan fingerprint density at radius 1 is 1.44 bits per heavy atom. The summed E-state index contributed by atoms with van der Waals surface area (Å²) in [6.07, 6.45) is -0.0373. The molecule has 96 valence electrons. The summed E-state index contributed by atoms with van der Waals surface area (Å²) in [4.78, 5) is 26.1. The third-order valence-corrected chi connectivity index (χ3v) is 3.17. The molecule has 0 saturated carbocycles. The summed E-state index contributed by atoms with van der Waals surface area (Å²) in [6, 6.07) is 7.07. The topological polar surface area (TPSA) is 60.9 Å². The van der Waals surface area contributed by atoms with Gasteiger partial charge >= 0.3 is 12.0 Å². The van der Waals surface area contributed by atoms with Crippen molar-refractivity contribution in [1.29, 1.82) is 0 Å². The highest BCUT2D eigenvalue weighted by Gasteiger charge is 2.37. The lowest BCUT2D eigenvalue weighted by molar-refractivity contribution is -0.137. The van der Waals surface area contributed by atoms with Gasteiger partial charge in [-0.15, -0.1) is 0 Å². The van der Waals surface area contributed by atoms with Crippen LogP contribution in [0.15, 0.2) is 24.3 Å². The van der Waals surface area contributed by atoms with E-state index in [1.54, 1.807) is 16.8 Å². The number of aryl methyl sites for hydroxylation is 1. The predicted octanol–water partition coefficient (Wildman–Crippen LogP) is 1.71. The van der Waals surface area contributed by atoms with Gasteiger partial charge in [-0.2, -0.15) is 0 Å². The van der Waals surface area contributed by atoms with Crippen molar-refractivity contribution in [2.45, 2.75) is 19.4 Å². The SMILES string of the molecule is Cc1ccccc1N1C(=O)N(C)CC1CC(=O)O. The highest BCUT2D eigenvalue weighted by Crippen LogP contribution is 2.28. The van der Waals surface area contributed by atoms with E-state index in [0.29, 0.717) is 6.54 Å². The fourth-order valence-electron chi connectivity index (χ4n) is 2.31. The quantitative estimate of drug-likeness (QED) is 0.885. The van der Waals surface area contributed by atoms with Crippen molar-refractivity contribution >= 4 is 17.7 Å². The average molecular weight is 248 g/mol. The van der Waals surface area contributed by atoms with E-state index in [0.717, 1.165) is 11.3 Å². The summed E-state index contributed by atoms with van der Waals surface area (Å²) >= 11 is 0. The Bertz CT molecular complexity index is 487. The first-order valence-corrected chi connectivity index (χ1v) is 5.82. The number of amides is 2. The number of rotatable bonds is 3. The number of likely N-dealkylation sites (N-methyl/N-ethyl adjacent to an activating group) is 1. The van der Waals surface area contributed by atoms with Crippen LogP contribution in [0, 0.1) is 6.92 Å². The maximum atomic E-state index is 12.1. The summed E-state index contributed by atoms with van der Waals surface area (Å²) in [5.74, 6) is -0.887. The number of aliphatic carboxylic acids is 1. The van der Waals surface area contributed by atoms with Crippen LogP contribution in [0.4, 0.5) is 10.5 Å². The van der Waals surface area contributed by atoms with Gasteiger partial charge in [0.1, 0.15) is 0 Å². The van der Waals surface area contributed by atoms with Crippen molar-refractivity contribution < 1.29 is 14.7 Å². The van der Waals surface area contributed by atoms with Crippen LogP contribution >= 0.6 is 0 Å². The Balaban J connectivity index is 2.36. The Morgan fingerprint density at radius 3 is 2.72 bits per heavy atom. The first-order chi connectivity index (χ1) is 8.50. The number of hydrogen-bond donors (Lipinski definition) is 1. The molecule has 2 rings (SSSR count). The van der Waals surface area contributed by atoms with Gasteiger partial charge in [0, 0.05) is 19.3 Å². The standard InChI is InChI=1S/C13H16N2O3/c1-9-5-3-4-6-11(9)15-10(7-12(16)17)8-14(2)13(15)18/h3-6,10H,7-8H2,1-2H3,(H,16,17). The van der Waals surface area contributed by atoms with Gasteiger partial charge in [-0.1, -0.05) is 18.2 Å². The number of anilines is 1. The number of carboxylic acid groups (broad SMARTS) is 1. The third-order valence-electron chi connectivity index (χ3n) is 3.17. The van der Waals surface area contributed by atoms with E-state index >= 15 is 0 Å². The molecule has 0 radical (unpaired) electrons. The van der Waals surface area contributed by atoms with E-state index in [1.165, 1.54) is 0 Å². The molecule has 0 aromatic heterocycles. The molecule has 1 aliphatic heterocycles. The minimum Gasteiger partial charge on any atom is -0.481 e. The molecule has 5 heteroatoms. The van der Waals surface area contributed by atoms with Gasteiger partial charge in [-0.05, 0) is 18.6 Å². The van der Waals surface area contributed by atoms with E-state index in [1.807, 2.05) is 31.2 Å². The van der Waals surface area contributed by atoms with Crippen LogP contribution in [0.25, 0.3) is 0 Å². The molecular weight excluding hydrogens is 232 g/mol. The summed E-state index contributed by atoms with van der Waals surface area (Å²) in [6.45, 7) is 2.36. The molecule has 2 amide bonds. The van der Waals surface area contributed by atoms with Crippen LogP contribution in [-0.2, 0) is 4.79 Å². The van der Waals surface area contributed by atoms with Crippen molar-refractivity contribution in [3.8, 4) is 0 Å². The molecular formula is C13H16N2O3. The van der Waals surface area contributed by atoms with Gasteiger partial charge < -0.3 is 10.0 Å². The Labute approximate surface area is 106 Å². The number of carboxylic acids is 1. The molecule has 5 nitrogen and oxygen atoms in total. The van der Waals surface area contributed by atoms with Gasteiger partial charge in [-0.25, -0.2) is 4.79 Å². The van der Waals surface area contributed by atoms with Crippen molar-refractivity contribution in [2.75, 3.05) is 18.5 Å². The highest BCUT2D eigenvalue weighted by molar-refractivity contribution is 5.96. The van der Waals surface area contributed by atoms with Gasteiger partial charge in [0.25, 0.3) is 0 Å². The lowest BCUT2D eigenvalue weighted by Crippen LogP contribution is -2.36. The van der Waals surface area contributed by atoms with Crippen molar-refractivity contribution in [3.63, 3.8) is 0 Å². The smallest absolute Gasteiger partial charge is 0.324 e. The van der Waals surface area contributed by atoms with E-state index in [9.17, 15) is 9.59 Å². The molecule has 0 aliphatic carbocycles. The number of carbonyl (C=O) groups is 2. The van der Waals surface area contributed by atoms with Gasteiger partial charge in [0.15, 0.2) is 0 Å². The number of urea groups is 1. The lowest BCUT2D eigenvalue weighted by Gasteiger charge is -2.23. The van der Waals surface area contributed by atoms with Crippen LogP contribution in [0.3, 0.4) is 0 Å². The fraction of sp³-hybridized carbons (Fsp3) is 0.385. The number of nitrogens with zero attached hydrogens (tertiary/aromatic N) is 2. The molecule has 1 unspecified atom stereocenters. The molecule has 1 aromatic rings. The molecule has 1 atom stereocenters. The molecule has 1 aromatic carbocycles. The zero-order valence-electron chi connectivity index (χ0n) is 10.5. The zero-order chi connectivity index (χ0) is 13.3. The summed E-state index contributed by atoms with van der Waals surface area (Å²) in [7, 11) is 1.69. The minimum atomic E-state index is -0.887. The monoisotopic (exact) mass is 248 g/mol. The lowest BCUT2D eigenvalue weighted by atomic mass is 10.1. The maximum absolute atomic E-state index is 12.1. The van der Waals surface area contributed by atoms with Gasteiger partial charge in [0.2, 0.25) is 0 Å². The molecule has 18 heavy (non-hydrogen) atoms. The zero-order valence-corrected chi connectivity index (χ0v) is 10.5. The first-order valence-electron chi connectivity index (χ1n) is 5.82. The van der Waals surface area contributed by atoms with Crippen LogP contribution in [-0.4, -0.2) is 41.6 Å². The fourth-order valence-corrected chi connectivity index (χ4v) is 2.31. The van der Waals surface area contributed by atoms with E-state index in [-0.39, 0.29) is 18.5 Å². The Hall–Kier alpha value is -2.04. The second kappa shape index (κ2) is 4.68. The maximum Gasteiger partial charge on any atom is 0.324 e. The Kier molecular flexibility index (Phi) is 3.23. The number of carbonyl (C=O) groups excluding carboxylic acids is 1. The second-order valence-corrected chi connectivity index (χ2v) is 4.57. The molecule has 1 heterocycles. The molecule has 0 bridgehead atoms. The summed E-state index contributed by atoms with van der Waals surface area (Å²) < 4.78 is 0. The average Bonchev–Trinajstić information content (AvgIpc) is 2.55. The van der Waals surface area contributed by atoms with Gasteiger partial charge in [0.05, 0.1) is 12.5 Å². The van der Waals surface area contributed by atoms with Crippen molar-refractivity contribution in [1.82, 2.24) is 4.90 Å². The normalized spacial score (nSPS) is 19.4. The van der Waals surface area contributed by atoms with Gasteiger partial charge in [-0.3, -0.25) is 9.69 Å². The highest BCUT2D eigenvalue weighted by atomic mass is 16.4. The van der Waals surface area contributed by atoms with Crippen LogP contribution < -0.4 is 4.90 Å². The van der Waals surface area contributed by atoms with Crippen LogP contribution in [0.1, 0.15) is 12.0 Å². The molecule has 1 N–H and O–H groups in total. The molecule has 0 spiro atoms. The molecule has 1 saturated heterocycles. The van der Waals surface area contributed by atoms with Crippen molar-refractivity contribution in [2.24, 2.45) is 0 Å². The number of hydrogen-bond acceptors (Lipinski definition) is 2. The third kappa shape index (κ3) is 2.16. The molecule has 1 aliphatic rings. The number of benzene rings is 1. The first kappa shape index (κ1) is 12.4. The Morgan fingerprint density at radius 2 is 2.11 bits per heavy atom. The molecule has 1 fully saturated rings. The largest absolute Gasteiger partial charge is 0.481 e. The van der Waals surface area contributed by atoms with Crippen molar-refractivity contribution in [3.05, 3.63) is 29.8 Å². The van der Waals surface area contributed by atoms with E-state index in [2.05, 4.69) is 0 Å². The number of para-hydroxylation sites is 1. The minimum absolute atomic E-state index is 0.0373. The summed E-state index contributed by atoms with van der Waals surface area (Å²) in [5.41, 5.74) is 1.76. The summed E-state index contributed by atoms with van der Waals surface area (Å²) in [5, 5.41) is 8.92. The predicted molar refractivity (Wildman–Crippen MR) is 67.7 cm³/mol.